The van der Waals surface area contributed by atoms with Crippen molar-refractivity contribution in [2.45, 2.75) is 25.0 Å². The molecule has 0 amide bonds. The van der Waals surface area contributed by atoms with Crippen molar-refractivity contribution in [3.8, 4) is 0 Å². The van der Waals surface area contributed by atoms with Crippen LogP contribution in [-0.2, 0) is 6.42 Å². The Bertz CT molecular complexity index is 551. The molecule has 3 nitrogen and oxygen atoms in total. The number of thioether (sulfide) groups is 1. The van der Waals surface area contributed by atoms with Gasteiger partial charge in [-0.25, -0.2) is 0 Å². The summed E-state index contributed by atoms with van der Waals surface area (Å²) in [5.74, 6) is 1.44. The van der Waals surface area contributed by atoms with Gasteiger partial charge in [-0.1, -0.05) is 54.6 Å². The summed E-state index contributed by atoms with van der Waals surface area (Å²) in [6.07, 6.45) is 1.60. The lowest BCUT2D eigenvalue weighted by atomic mass is 10.1. The van der Waals surface area contributed by atoms with Gasteiger partial charge in [-0.3, -0.25) is 0 Å². The molecule has 0 spiro atoms. The summed E-state index contributed by atoms with van der Waals surface area (Å²) in [5.41, 5.74) is 2.27. The second-order valence-corrected chi connectivity index (χ2v) is 5.52. The highest BCUT2D eigenvalue weighted by Gasteiger charge is 2.07. The number of hydrogen-bond acceptors (Lipinski definition) is 4. The first kappa shape index (κ1) is 14.2. The van der Waals surface area contributed by atoms with Crippen molar-refractivity contribution in [2.24, 2.45) is 0 Å². The summed E-state index contributed by atoms with van der Waals surface area (Å²) in [5, 5.41) is 9.37. The van der Waals surface area contributed by atoms with Gasteiger partial charge in [-0.15, -0.1) is 10.2 Å². The van der Waals surface area contributed by atoms with E-state index in [9.17, 15) is 0 Å². The van der Waals surface area contributed by atoms with E-state index in [1.165, 1.54) is 17.3 Å². The number of hydrogen-bond donors (Lipinski definition) is 0. The standard InChI is InChI=1S/C14H15ClN2OS/c1-3-10(2)9-19-14-17-16-13(18-14)8-11-4-6-12(15)7-5-11/h4-7H,2-3,8-9H2,1H3. The first-order valence-electron chi connectivity index (χ1n) is 6.03. The van der Waals surface area contributed by atoms with Gasteiger partial charge in [-0.05, 0) is 24.1 Å². The van der Waals surface area contributed by atoms with Crippen LogP contribution >= 0.6 is 23.4 Å². The molecule has 0 unspecified atom stereocenters. The van der Waals surface area contributed by atoms with E-state index in [0.717, 1.165) is 22.8 Å². The second-order valence-electron chi connectivity index (χ2n) is 4.16. The van der Waals surface area contributed by atoms with Gasteiger partial charge in [0, 0.05) is 10.8 Å². The van der Waals surface area contributed by atoms with E-state index in [-0.39, 0.29) is 0 Å². The van der Waals surface area contributed by atoms with Gasteiger partial charge in [0.15, 0.2) is 0 Å². The highest BCUT2D eigenvalue weighted by molar-refractivity contribution is 7.99. The van der Waals surface area contributed by atoms with Crippen LogP contribution in [0.3, 0.4) is 0 Å². The number of benzene rings is 1. The van der Waals surface area contributed by atoms with Gasteiger partial charge in [0.25, 0.3) is 5.22 Å². The SMILES string of the molecule is C=C(CC)CSc1nnc(Cc2ccc(Cl)cc2)o1. The smallest absolute Gasteiger partial charge is 0.276 e. The molecular formula is C14H15ClN2OS. The van der Waals surface area contributed by atoms with Crippen molar-refractivity contribution < 1.29 is 4.42 Å². The Kier molecular flexibility index (Phi) is 5.05. The molecule has 19 heavy (non-hydrogen) atoms. The molecule has 1 aromatic carbocycles. The monoisotopic (exact) mass is 294 g/mol. The molecule has 5 heteroatoms. The van der Waals surface area contributed by atoms with Crippen LogP contribution in [0.25, 0.3) is 0 Å². The molecule has 0 aliphatic carbocycles. The highest BCUT2D eigenvalue weighted by Crippen LogP contribution is 2.21. The Morgan fingerprint density at radius 2 is 2.05 bits per heavy atom. The average molecular weight is 295 g/mol. The fourth-order valence-corrected chi connectivity index (χ4v) is 2.32. The third-order valence-corrected chi connectivity index (χ3v) is 3.83. The predicted octanol–water partition coefficient (Wildman–Crippen LogP) is 4.37. The Morgan fingerprint density at radius 1 is 1.32 bits per heavy atom. The molecule has 0 aliphatic heterocycles. The summed E-state index contributed by atoms with van der Waals surface area (Å²) >= 11 is 7.37. The first-order valence-corrected chi connectivity index (χ1v) is 7.40. The Balaban J connectivity index is 1.93. The lowest BCUT2D eigenvalue weighted by molar-refractivity contribution is 0.420. The molecule has 0 bridgehead atoms. The predicted molar refractivity (Wildman–Crippen MR) is 78.7 cm³/mol. The average Bonchev–Trinajstić information content (AvgIpc) is 2.86. The summed E-state index contributed by atoms with van der Waals surface area (Å²) in [6, 6.07) is 7.62. The van der Waals surface area contributed by atoms with Gasteiger partial charge < -0.3 is 4.42 Å². The zero-order chi connectivity index (χ0) is 13.7. The fraction of sp³-hybridized carbons (Fsp3) is 0.286. The van der Waals surface area contributed by atoms with Gasteiger partial charge in [0.05, 0.1) is 6.42 Å². The van der Waals surface area contributed by atoms with E-state index < -0.39 is 0 Å². The fourth-order valence-electron chi connectivity index (χ4n) is 1.41. The highest BCUT2D eigenvalue weighted by atomic mass is 35.5. The maximum Gasteiger partial charge on any atom is 0.276 e. The Morgan fingerprint density at radius 3 is 2.74 bits per heavy atom. The molecule has 1 aromatic heterocycles. The zero-order valence-electron chi connectivity index (χ0n) is 10.7. The van der Waals surface area contributed by atoms with Crippen LogP contribution in [0.15, 0.2) is 46.1 Å². The molecule has 0 saturated carbocycles. The number of nitrogens with zero attached hydrogens (tertiary/aromatic N) is 2. The second kappa shape index (κ2) is 6.78. The summed E-state index contributed by atoms with van der Waals surface area (Å²) in [6.45, 7) is 6.03. The van der Waals surface area contributed by atoms with Crippen LogP contribution in [0, 0.1) is 0 Å². The lowest BCUT2D eigenvalue weighted by Crippen LogP contribution is -1.87. The minimum absolute atomic E-state index is 0.596. The van der Waals surface area contributed by atoms with Crippen LogP contribution in [0.1, 0.15) is 24.8 Å². The van der Waals surface area contributed by atoms with E-state index >= 15 is 0 Å². The van der Waals surface area contributed by atoms with Crippen LogP contribution in [0.5, 0.6) is 0 Å². The number of rotatable bonds is 6. The number of aromatic nitrogens is 2. The van der Waals surface area contributed by atoms with E-state index in [0.29, 0.717) is 17.5 Å². The van der Waals surface area contributed by atoms with E-state index in [1.807, 2.05) is 24.3 Å². The third kappa shape index (κ3) is 4.40. The molecule has 0 fully saturated rings. The number of halogens is 1. The molecule has 2 aromatic rings. The van der Waals surface area contributed by atoms with Crippen molar-refractivity contribution >= 4 is 23.4 Å². The molecule has 0 saturated heterocycles. The largest absolute Gasteiger partial charge is 0.416 e. The molecule has 0 aliphatic rings. The molecular weight excluding hydrogens is 280 g/mol. The third-order valence-electron chi connectivity index (χ3n) is 2.62. The van der Waals surface area contributed by atoms with Crippen LogP contribution in [-0.4, -0.2) is 16.0 Å². The Labute approximate surface area is 122 Å². The molecule has 0 radical (unpaired) electrons. The van der Waals surface area contributed by atoms with Crippen LogP contribution in [0.4, 0.5) is 0 Å². The van der Waals surface area contributed by atoms with Crippen molar-refractivity contribution in [3.05, 3.63) is 52.9 Å². The van der Waals surface area contributed by atoms with Gasteiger partial charge in [0.1, 0.15) is 0 Å². The van der Waals surface area contributed by atoms with Crippen molar-refractivity contribution in [3.63, 3.8) is 0 Å². The Hall–Kier alpha value is -1.26. The molecule has 0 atom stereocenters. The van der Waals surface area contributed by atoms with Crippen molar-refractivity contribution in [2.75, 3.05) is 5.75 Å². The van der Waals surface area contributed by atoms with E-state index in [4.69, 9.17) is 16.0 Å². The molecule has 0 N–H and O–H groups in total. The quantitative estimate of drug-likeness (QED) is 0.586. The summed E-state index contributed by atoms with van der Waals surface area (Å²) in [4.78, 5) is 0. The van der Waals surface area contributed by atoms with Crippen molar-refractivity contribution in [1.82, 2.24) is 10.2 Å². The van der Waals surface area contributed by atoms with Gasteiger partial charge in [-0.2, -0.15) is 0 Å². The van der Waals surface area contributed by atoms with Crippen molar-refractivity contribution in [1.29, 1.82) is 0 Å². The molecule has 1 heterocycles. The normalized spacial score (nSPS) is 10.6. The molecule has 100 valence electrons. The minimum atomic E-state index is 0.596. The van der Waals surface area contributed by atoms with E-state index in [2.05, 4.69) is 23.7 Å². The van der Waals surface area contributed by atoms with E-state index in [1.54, 1.807) is 0 Å². The zero-order valence-corrected chi connectivity index (χ0v) is 12.3. The minimum Gasteiger partial charge on any atom is -0.416 e. The summed E-state index contributed by atoms with van der Waals surface area (Å²) in [7, 11) is 0. The first-order chi connectivity index (χ1) is 9.17. The van der Waals surface area contributed by atoms with Gasteiger partial charge >= 0.3 is 0 Å². The van der Waals surface area contributed by atoms with Crippen LogP contribution < -0.4 is 0 Å². The molecule has 2 rings (SSSR count). The maximum absolute atomic E-state index is 5.84. The van der Waals surface area contributed by atoms with Crippen LogP contribution in [0.2, 0.25) is 5.02 Å². The van der Waals surface area contributed by atoms with Gasteiger partial charge in [0.2, 0.25) is 5.89 Å². The summed E-state index contributed by atoms with van der Waals surface area (Å²) < 4.78 is 5.58. The topological polar surface area (TPSA) is 38.9 Å². The maximum atomic E-state index is 5.84. The lowest BCUT2D eigenvalue weighted by Gasteiger charge is -1.98.